The first-order valence-electron chi connectivity index (χ1n) is 9.92. The zero-order valence-corrected chi connectivity index (χ0v) is 16.2. The smallest absolute Gasteiger partial charge is 0.247 e. The summed E-state index contributed by atoms with van der Waals surface area (Å²) in [5.41, 5.74) is 1.69. The van der Waals surface area contributed by atoms with Crippen molar-refractivity contribution in [1.82, 2.24) is 19.7 Å². The molecule has 1 amide bonds. The number of allylic oxidation sites excluding steroid dienone is 1. The van der Waals surface area contributed by atoms with Crippen molar-refractivity contribution in [3.63, 3.8) is 0 Å². The fourth-order valence-electron chi connectivity index (χ4n) is 4.53. The van der Waals surface area contributed by atoms with E-state index in [1.165, 1.54) is 5.57 Å². The van der Waals surface area contributed by atoms with E-state index < -0.39 is 0 Å². The van der Waals surface area contributed by atoms with Crippen LogP contribution in [0.2, 0.25) is 0 Å². The highest BCUT2D eigenvalue weighted by atomic mass is 16.5. The quantitative estimate of drug-likeness (QED) is 0.779. The lowest BCUT2D eigenvalue weighted by atomic mass is 9.75. The zero-order chi connectivity index (χ0) is 18.3. The first-order valence-corrected chi connectivity index (χ1v) is 9.92. The van der Waals surface area contributed by atoms with Crippen molar-refractivity contribution in [2.75, 3.05) is 13.7 Å². The highest BCUT2D eigenvalue weighted by Crippen LogP contribution is 2.38. The van der Waals surface area contributed by atoms with Crippen molar-refractivity contribution in [3.05, 3.63) is 23.3 Å². The van der Waals surface area contributed by atoms with Crippen molar-refractivity contribution >= 4 is 5.91 Å². The van der Waals surface area contributed by atoms with Crippen LogP contribution in [-0.2, 0) is 22.5 Å². The molecule has 0 unspecified atom stereocenters. The van der Waals surface area contributed by atoms with E-state index in [2.05, 4.69) is 28.6 Å². The van der Waals surface area contributed by atoms with E-state index in [9.17, 15) is 4.79 Å². The van der Waals surface area contributed by atoms with Crippen molar-refractivity contribution in [2.45, 2.75) is 77.5 Å². The van der Waals surface area contributed by atoms with Gasteiger partial charge in [-0.1, -0.05) is 19.4 Å². The van der Waals surface area contributed by atoms with Gasteiger partial charge in [-0.15, -0.1) is 10.2 Å². The molecule has 4 rings (SSSR count). The van der Waals surface area contributed by atoms with Crippen LogP contribution in [0.1, 0.15) is 70.1 Å². The highest BCUT2D eigenvalue weighted by Gasteiger charge is 2.39. The molecule has 6 heteroatoms. The van der Waals surface area contributed by atoms with Crippen LogP contribution in [0.25, 0.3) is 0 Å². The van der Waals surface area contributed by atoms with Gasteiger partial charge in [0.1, 0.15) is 5.82 Å². The molecule has 2 aliphatic heterocycles. The van der Waals surface area contributed by atoms with Crippen LogP contribution in [-0.4, -0.2) is 45.3 Å². The van der Waals surface area contributed by atoms with Crippen LogP contribution in [0, 0.1) is 5.41 Å². The summed E-state index contributed by atoms with van der Waals surface area (Å²) < 4.78 is 7.79. The maximum absolute atomic E-state index is 13.1. The second-order valence-electron chi connectivity index (χ2n) is 8.80. The van der Waals surface area contributed by atoms with Gasteiger partial charge < -0.3 is 14.2 Å². The van der Waals surface area contributed by atoms with Crippen LogP contribution in [0.4, 0.5) is 0 Å². The number of nitrogens with zero attached hydrogens (tertiary/aromatic N) is 4. The number of methoxy groups -OCH3 is 1. The Hall–Kier alpha value is -1.69. The van der Waals surface area contributed by atoms with E-state index >= 15 is 0 Å². The third-order valence-electron chi connectivity index (χ3n) is 6.39. The lowest BCUT2D eigenvalue weighted by Crippen LogP contribution is -2.32. The number of aromatic nitrogens is 3. The van der Waals surface area contributed by atoms with Crippen molar-refractivity contribution in [3.8, 4) is 0 Å². The second kappa shape index (κ2) is 6.80. The lowest BCUT2D eigenvalue weighted by Gasteiger charge is -2.31. The van der Waals surface area contributed by atoms with Gasteiger partial charge in [-0.3, -0.25) is 4.79 Å². The molecular weight excluding hydrogens is 328 g/mol. The summed E-state index contributed by atoms with van der Waals surface area (Å²) >= 11 is 0. The number of likely N-dealkylation sites (tertiary alicyclic amines) is 1. The number of amides is 1. The van der Waals surface area contributed by atoms with Gasteiger partial charge in [-0.2, -0.15) is 0 Å². The molecule has 3 heterocycles. The molecule has 1 saturated heterocycles. The van der Waals surface area contributed by atoms with Gasteiger partial charge in [0.15, 0.2) is 5.82 Å². The first kappa shape index (κ1) is 17.7. The number of carbonyl (C=O) groups excluding carboxylic acids is 1. The summed E-state index contributed by atoms with van der Waals surface area (Å²) in [4.78, 5) is 15.0. The Morgan fingerprint density at radius 2 is 2.00 bits per heavy atom. The van der Waals surface area contributed by atoms with Crippen LogP contribution in [0.15, 0.2) is 11.6 Å². The topological polar surface area (TPSA) is 60.3 Å². The summed E-state index contributed by atoms with van der Waals surface area (Å²) in [5, 5.41) is 8.77. The van der Waals surface area contributed by atoms with E-state index in [4.69, 9.17) is 4.74 Å². The van der Waals surface area contributed by atoms with Crippen LogP contribution >= 0.6 is 0 Å². The Balaban J connectivity index is 1.54. The molecule has 0 bridgehead atoms. The molecular formula is C20H30N4O2. The minimum Gasteiger partial charge on any atom is -0.380 e. The molecule has 0 aromatic carbocycles. The van der Waals surface area contributed by atoms with Crippen molar-refractivity contribution in [2.24, 2.45) is 5.41 Å². The third kappa shape index (κ3) is 3.31. The van der Waals surface area contributed by atoms with Crippen molar-refractivity contribution < 1.29 is 9.53 Å². The fraction of sp³-hybridized carbons (Fsp3) is 0.750. The van der Waals surface area contributed by atoms with Crippen LogP contribution in [0.5, 0.6) is 0 Å². The molecule has 0 spiro atoms. The second-order valence-corrected chi connectivity index (χ2v) is 8.80. The Morgan fingerprint density at radius 3 is 2.73 bits per heavy atom. The standard InChI is InChI=1S/C20H30N4O2/c1-20(2)8-6-14(7-9-20)11-18(25)24-13-15(26-3)12-16(24)19-22-21-17-5-4-10-23(17)19/h11,15-16H,4-10,12-13H2,1-3H3/t15-,16+/m1/s1. The van der Waals surface area contributed by atoms with Gasteiger partial charge >= 0.3 is 0 Å². The summed E-state index contributed by atoms with van der Waals surface area (Å²) in [7, 11) is 1.73. The summed E-state index contributed by atoms with van der Waals surface area (Å²) in [5.74, 6) is 2.11. The maximum Gasteiger partial charge on any atom is 0.247 e. The molecule has 2 fully saturated rings. The molecule has 26 heavy (non-hydrogen) atoms. The summed E-state index contributed by atoms with van der Waals surface area (Å²) in [6, 6.07) is -0.0244. The molecule has 1 aromatic rings. The van der Waals surface area contributed by atoms with E-state index in [0.717, 1.165) is 63.1 Å². The molecule has 142 valence electrons. The van der Waals surface area contributed by atoms with Crippen LogP contribution in [0.3, 0.4) is 0 Å². The molecule has 1 aromatic heterocycles. The Morgan fingerprint density at radius 1 is 1.23 bits per heavy atom. The number of carbonyl (C=O) groups is 1. The van der Waals surface area contributed by atoms with Gasteiger partial charge in [0, 0.05) is 39.1 Å². The monoisotopic (exact) mass is 358 g/mol. The average molecular weight is 358 g/mol. The average Bonchev–Trinajstić information content (AvgIpc) is 3.30. The number of hydrogen-bond donors (Lipinski definition) is 0. The van der Waals surface area contributed by atoms with Crippen molar-refractivity contribution in [1.29, 1.82) is 0 Å². The normalized spacial score (nSPS) is 27.7. The fourth-order valence-corrected chi connectivity index (χ4v) is 4.53. The highest BCUT2D eigenvalue weighted by molar-refractivity contribution is 5.89. The predicted molar refractivity (Wildman–Crippen MR) is 98.5 cm³/mol. The summed E-state index contributed by atoms with van der Waals surface area (Å²) in [6.07, 6.45) is 9.26. The first-order chi connectivity index (χ1) is 12.5. The Labute approximate surface area is 155 Å². The van der Waals surface area contributed by atoms with E-state index in [-0.39, 0.29) is 18.1 Å². The minimum atomic E-state index is -0.0244. The molecule has 0 radical (unpaired) electrons. The van der Waals surface area contributed by atoms with Gasteiger partial charge in [0.25, 0.3) is 0 Å². The number of fused-ring (bicyclic) bond motifs is 1. The third-order valence-corrected chi connectivity index (χ3v) is 6.39. The van der Waals surface area contributed by atoms with E-state index in [1.54, 1.807) is 7.11 Å². The minimum absolute atomic E-state index is 0.0244. The number of hydrogen-bond acceptors (Lipinski definition) is 4. The molecule has 1 saturated carbocycles. The van der Waals surface area contributed by atoms with Crippen LogP contribution < -0.4 is 0 Å². The molecule has 2 atom stereocenters. The Kier molecular flexibility index (Phi) is 4.63. The summed E-state index contributed by atoms with van der Waals surface area (Å²) in [6.45, 7) is 6.23. The van der Waals surface area contributed by atoms with Gasteiger partial charge in [0.05, 0.1) is 12.1 Å². The van der Waals surface area contributed by atoms with E-state index in [0.29, 0.717) is 12.0 Å². The number of ether oxygens (including phenoxy) is 1. The molecule has 6 nitrogen and oxygen atoms in total. The zero-order valence-electron chi connectivity index (χ0n) is 16.2. The molecule has 1 aliphatic carbocycles. The lowest BCUT2D eigenvalue weighted by molar-refractivity contribution is -0.127. The maximum atomic E-state index is 13.1. The number of aryl methyl sites for hydroxylation is 1. The molecule has 0 N–H and O–H groups in total. The van der Waals surface area contributed by atoms with Gasteiger partial charge in [-0.25, -0.2) is 0 Å². The Bertz CT molecular complexity index is 709. The number of rotatable bonds is 3. The van der Waals surface area contributed by atoms with E-state index in [1.807, 2.05) is 11.0 Å². The largest absolute Gasteiger partial charge is 0.380 e. The predicted octanol–water partition coefficient (Wildman–Crippen LogP) is 3.04. The van der Waals surface area contributed by atoms with Gasteiger partial charge in [0.2, 0.25) is 5.91 Å². The van der Waals surface area contributed by atoms with Gasteiger partial charge in [-0.05, 0) is 37.5 Å². The molecule has 3 aliphatic rings. The SMILES string of the molecule is CO[C@@H]1C[C@@H](c2nnc3n2CCC3)N(C(=O)C=C2CCC(C)(C)CC2)C1.